The lowest BCUT2D eigenvalue weighted by Gasteiger charge is -2.33. The molecule has 0 radical (unpaired) electrons. The zero-order valence-electron chi connectivity index (χ0n) is 24.1. The molecule has 1 aliphatic rings. The van der Waals surface area contributed by atoms with Crippen LogP contribution in [0.5, 0.6) is 11.5 Å². The van der Waals surface area contributed by atoms with Gasteiger partial charge in [0, 0.05) is 71.4 Å². The molecule has 1 aromatic carbocycles. The smallest absolute Gasteiger partial charge is 0.224 e. The highest BCUT2D eigenvalue weighted by Crippen LogP contribution is 2.36. The summed E-state index contributed by atoms with van der Waals surface area (Å²) < 4.78 is 18.0. The fourth-order valence-corrected chi connectivity index (χ4v) is 4.76. The summed E-state index contributed by atoms with van der Waals surface area (Å²) in [5.74, 6) is 2.00. The third kappa shape index (κ3) is 6.95. The number of aryl methyl sites for hydroxylation is 1. The Hall–Kier alpha value is -3.57. The summed E-state index contributed by atoms with van der Waals surface area (Å²) in [6.45, 7) is 4.09. The molecule has 3 heterocycles. The van der Waals surface area contributed by atoms with Crippen molar-refractivity contribution in [2.45, 2.75) is 26.3 Å². The number of hydrogen-bond acceptors (Lipinski definition) is 9. The highest BCUT2D eigenvalue weighted by Gasteiger charge is 2.25. The molecule has 1 N–H and O–H groups in total. The van der Waals surface area contributed by atoms with Gasteiger partial charge in [-0.2, -0.15) is 5.10 Å². The van der Waals surface area contributed by atoms with Crippen LogP contribution in [0.25, 0.3) is 16.6 Å². The number of nitrogens with zero attached hydrogens (tertiary/aromatic N) is 6. The van der Waals surface area contributed by atoms with E-state index in [-0.39, 0.29) is 0 Å². The lowest BCUT2D eigenvalue weighted by molar-refractivity contribution is 0.187. The van der Waals surface area contributed by atoms with Gasteiger partial charge in [-0.1, -0.05) is 22.0 Å². The average molecular weight is 613 g/mol. The van der Waals surface area contributed by atoms with Gasteiger partial charge in [-0.25, -0.2) is 9.97 Å². The van der Waals surface area contributed by atoms with Crippen molar-refractivity contribution in [3.05, 3.63) is 65.4 Å². The fourth-order valence-electron chi connectivity index (χ4n) is 4.62. The molecule has 0 atom stereocenters. The lowest BCUT2D eigenvalue weighted by Crippen LogP contribution is -2.27. The van der Waals surface area contributed by atoms with Gasteiger partial charge in [0.05, 0.1) is 31.6 Å². The van der Waals surface area contributed by atoms with Gasteiger partial charge in [-0.05, 0) is 36.6 Å². The van der Waals surface area contributed by atoms with Gasteiger partial charge < -0.3 is 29.3 Å². The molecule has 11 heteroatoms. The first-order chi connectivity index (χ1) is 19.4. The summed E-state index contributed by atoms with van der Waals surface area (Å²) in [4.78, 5) is 14.2. The Labute approximate surface area is 244 Å². The van der Waals surface area contributed by atoms with Gasteiger partial charge in [0.15, 0.2) is 0 Å². The Balaban J connectivity index is 1.73. The van der Waals surface area contributed by atoms with Crippen molar-refractivity contribution < 1.29 is 14.2 Å². The first-order valence-electron chi connectivity index (χ1n) is 13.2. The molecule has 0 saturated heterocycles. The van der Waals surface area contributed by atoms with Crippen molar-refractivity contribution >= 4 is 38.5 Å². The fraction of sp³-hybridized carbons (Fsp3) is 0.414. The molecule has 4 rings (SSSR count). The Morgan fingerprint density at radius 2 is 1.88 bits per heavy atom. The van der Waals surface area contributed by atoms with Crippen LogP contribution in [0.4, 0.5) is 5.95 Å². The Bertz CT molecular complexity index is 1390. The van der Waals surface area contributed by atoms with E-state index < -0.39 is 0 Å². The molecule has 0 amide bonds. The quantitative estimate of drug-likeness (QED) is 0.170. The normalized spacial score (nSPS) is 15.6. The summed E-state index contributed by atoms with van der Waals surface area (Å²) in [6, 6.07) is 5.79. The largest absolute Gasteiger partial charge is 0.497 e. The van der Waals surface area contributed by atoms with Gasteiger partial charge in [0.1, 0.15) is 28.2 Å². The van der Waals surface area contributed by atoms with Crippen LogP contribution in [0.2, 0.25) is 0 Å². The second kappa shape index (κ2) is 13.7. The summed E-state index contributed by atoms with van der Waals surface area (Å²) in [7, 11) is 8.98. The third-order valence-corrected chi connectivity index (χ3v) is 7.39. The highest BCUT2D eigenvalue weighted by molar-refractivity contribution is 9.09. The van der Waals surface area contributed by atoms with E-state index in [2.05, 4.69) is 63.5 Å². The second-order valence-electron chi connectivity index (χ2n) is 9.58. The van der Waals surface area contributed by atoms with E-state index in [9.17, 15) is 0 Å². The molecule has 214 valence electrons. The summed E-state index contributed by atoms with van der Waals surface area (Å²) >= 11 is 3.56. The average Bonchev–Trinajstić information content (AvgIpc) is 3.35. The monoisotopic (exact) mass is 611 g/mol. The zero-order valence-corrected chi connectivity index (χ0v) is 25.7. The number of fused-ring (bicyclic) bond motifs is 1. The van der Waals surface area contributed by atoms with Crippen LogP contribution in [-0.4, -0.2) is 76.5 Å². The van der Waals surface area contributed by atoms with E-state index in [4.69, 9.17) is 29.3 Å². The topological polar surface area (TPSA) is 89.8 Å². The molecular formula is C29H38BrN7O3. The number of rotatable bonds is 12. The number of hydrogen-bond donors (Lipinski definition) is 1. The van der Waals surface area contributed by atoms with Crippen LogP contribution in [0, 0.1) is 0 Å². The maximum absolute atomic E-state index is 5.43. The van der Waals surface area contributed by atoms with E-state index in [1.807, 2.05) is 31.4 Å². The van der Waals surface area contributed by atoms with Crippen molar-refractivity contribution in [1.82, 2.24) is 29.5 Å². The third-order valence-electron chi connectivity index (χ3n) is 6.60. The zero-order chi connectivity index (χ0) is 28.6. The van der Waals surface area contributed by atoms with Crippen molar-refractivity contribution in [2.24, 2.45) is 7.05 Å². The molecule has 0 aliphatic carbocycles. The number of halogens is 1. The van der Waals surface area contributed by atoms with Crippen molar-refractivity contribution in [3.8, 4) is 11.5 Å². The molecule has 0 saturated carbocycles. The molecule has 0 bridgehead atoms. The van der Waals surface area contributed by atoms with Crippen LogP contribution < -0.4 is 14.8 Å². The van der Waals surface area contributed by atoms with Crippen LogP contribution >= 0.6 is 15.9 Å². The number of benzene rings is 1. The molecule has 40 heavy (non-hydrogen) atoms. The Morgan fingerprint density at radius 1 is 1.12 bits per heavy atom. The van der Waals surface area contributed by atoms with E-state index in [0.29, 0.717) is 19.1 Å². The van der Waals surface area contributed by atoms with Crippen LogP contribution in [0.1, 0.15) is 31.0 Å². The molecule has 3 aromatic rings. The summed E-state index contributed by atoms with van der Waals surface area (Å²) in [5, 5.41) is 8.13. The minimum absolute atomic E-state index is 0.507. The molecule has 0 spiro atoms. The summed E-state index contributed by atoms with van der Waals surface area (Å²) in [6.07, 6.45) is 10.1. The van der Waals surface area contributed by atoms with Crippen LogP contribution in [0.3, 0.4) is 0 Å². The number of methoxy groups -OCH3 is 3. The number of aromatic nitrogens is 4. The summed E-state index contributed by atoms with van der Waals surface area (Å²) in [5.41, 5.74) is 7.60. The predicted molar refractivity (Wildman–Crippen MR) is 162 cm³/mol. The predicted octanol–water partition coefficient (Wildman–Crippen LogP) is 5.15. The van der Waals surface area contributed by atoms with E-state index in [0.717, 1.165) is 64.2 Å². The van der Waals surface area contributed by atoms with Crippen LogP contribution in [0.15, 0.2) is 54.1 Å². The van der Waals surface area contributed by atoms with Gasteiger partial charge in [-0.15, -0.1) is 0 Å². The van der Waals surface area contributed by atoms with Crippen molar-refractivity contribution in [3.63, 3.8) is 0 Å². The first-order valence-corrected chi connectivity index (χ1v) is 14.3. The molecule has 2 aromatic heterocycles. The SMILES string of the molecule is C/C=C1/CC(c2nc(NCc3cc(OC)cc(OC)c3)nc3cn(C)nc23)=CN(CCCOC)/C1=C/N(C)CBr. The highest BCUT2D eigenvalue weighted by atomic mass is 79.9. The molecule has 0 fully saturated rings. The molecular weight excluding hydrogens is 574 g/mol. The number of nitrogens with one attached hydrogen (secondary N) is 1. The maximum atomic E-state index is 5.43. The van der Waals surface area contributed by atoms with Crippen molar-refractivity contribution in [1.29, 1.82) is 0 Å². The van der Waals surface area contributed by atoms with E-state index >= 15 is 0 Å². The van der Waals surface area contributed by atoms with Gasteiger partial charge >= 0.3 is 0 Å². The molecule has 1 aliphatic heterocycles. The van der Waals surface area contributed by atoms with E-state index in [1.165, 1.54) is 11.3 Å². The molecule has 10 nitrogen and oxygen atoms in total. The number of anilines is 1. The van der Waals surface area contributed by atoms with Gasteiger partial charge in [0.25, 0.3) is 0 Å². The second-order valence-corrected chi connectivity index (χ2v) is 10.1. The number of alkyl halides is 1. The Morgan fingerprint density at radius 3 is 2.52 bits per heavy atom. The van der Waals surface area contributed by atoms with Crippen molar-refractivity contribution in [2.75, 3.05) is 52.3 Å². The Kier molecular flexibility index (Phi) is 10.1. The minimum Gasteiger partial charge on any atom is -0.497 e. The van der Waals surface area contributed by atoms with Crippen LogP contribution in [-0.2, 0) is 18.3 Å². The first kappa shape index (κ1) is 29.4. The lowest BCUT2D eigenvalue weighted by atomic mass is 9.95. The standard InChI is InChI=1S/C29H38BrN7O3/c1-7-21-13-22(16-37(9-8-10-38-4)26(21)18-35(2)19-30)27-28-25(17-36(3)34-28)32-29(33-27)31-15-20-11-23(39-5)14-24(12-20)40-6/h7,11-12,14,16-18H,8-10,13,15,19H2,1-6H3,(H,31,32)/b21-7-,26-18+. The van der Waals surface area contributed by atoms with Gasteiger partial charge in [-0.3, -0.25) is 4.68 Å². The molecule has 0 unspecified atom stereocenters. The maximum Gasteiger partial charge on any atom is 0.224 e. The van der Waals surface area contributed by atoms with Gasteiger partial charge in [0.2, 0.25) is 5.95 Å². The minimum atomic E-state index is 0.507. The number of allylic oxidation sites excluding steroid dienone is 3. The number of ether oxygens (including phenoxy) is 3. The van der Waals surface area contributed by atoms with E-state index in [1.54, 1.807) is 26.0 Å².